The van der Waals surface area contributed by atoms with E-state index in [2.05, 4.69) is 4.74 Å². The predicted octanol–water partition coefficient (Wildman–Crippen LogP) is 2.07. The molecule has 0 spiro atoms. The van der Waals surface area contributed by atoms with Gasteiger partial charge in [-0.2, -0.15) is 0 Å². The molecule has 0 saturated carbocycles. The van der Waals surface area contributed by atoms with Crippen molar-refractivity contribution in [3.05, 3.63) is 35.4 Å². The highest BCUT2D eigenvalue weighted by Crippen LogP contribution is 2.10. The van der Waals surface area contributed by atoms with Gasteiger partial charge in [0.05, 0.1) is 13.0 Å². The van der Waals surface area contributed by atoms with Gasteiger partial charge in [-0.05, 0) is 25.1 Å². The van der Waals surface area contributed by atoms with E-state index in [9.17, 15) is 13.6 Å². The predicted molar refractivity (Wildman–Crippen MR) is 46.7 cm³/mol. The molecule has 0 atom stereocenters. The molecule has 0 heterocycles. The van der Waals surface area contributed by atoms with Crippen LogP contribution < -0.4 is 0 Å². The number of carbonyl (C=O) groups is 1. The number of hydrogen-bond acceptors (Lipinski definition) is 2. The van der Waals surface area contributed by atoms with Gasteiger partial charge >= 0.3 is 5.97 Å². The second-order valence-electron chi connectivity index (χ2n) is 2.72. The maximum absolute atomic E-state index is 13.0. The zero-order valence-corrected chi connectivity index (χ0v) is 7.72. The smallest absolute Gasteiger partial charge is 0.310 e. The SMILES string of the molecule is CCOC(=O)Cc1cc(F)ccc1F. The monoisotopic (exact) mass is 200 g/mol. The average Bonchev–Trinajstić information content (AvgIpc) is 2.12. The average molecular weight is 200 g/mol. The van der Waals surface area contributed by atoms with E-state index in [1.165, 1.54) is 0 Å². The Labute approximate surface area is 80.5 Å². The van der Waals surface area contributed by atoms with Crippen LogP contribution in [0.25, 0.3) is 0 Å². The number of benzene rings is 1. The molecule has 0 aromatic heterocycles. The van der Waals surface area contributed by atoms with Crippen molar-refractivity contribution >= 4 is 5.97 Å². The standard InChI is InChI=1S/C10H10F2O2/c1-2-14-10(13)6-7-5-8(11)3-4-9(7)12/h3-5H,2,6H2,1H3. The van der Waals surface area contributed by atoms with Crippen LogP contribution in [-0.2, 0) is 16.0 Å². The number of carbonyl (C=O) groups excluding carboxylic acids is 1. The quantitative estimate of drug-likeness (QED) is 0.698. The van der Waals surface area contributed by atoms with Crippen LogP contribution in [0.4, 0.5) is 8.78 Å². The molecule has 1 rings (SSSR count). The normalized spacial score (nSPS) is 9.93. The minimum atomic E-state index is -0.598. The minimum Gasteiger partial charge on any atom is -0.466 e. The van der Waals surface area contributed by atoms with E-state index in [1.54, 1.807) is 6.92 Å². The van der Waals surface area contributed by atoms with Crippen LogP contribution in [0.3, 0.4) is 0 Å². The lowest BCUT2D eigenvalue weighted by atomic mass is 10.1. The molecule has 2 nitrogen and oxygen atoms in total. The topological polar surface area (TPSA) is 26.3 Å². The molecule has 0 unspecified atom stereocenters. The first-order chi connectivity index (χ1) is 6.63. The molecule has 0 aliphatic carbocycles. The Morgan fingerprint density at radius 2 is 2.14 bits per heavy atom. The Balaban J connectivity index is 2.75. The second-order valence-corrected chi connectivity index (χ2v) is 2.72. The number of hydrogen-bond donors (Lipinski definition) is 0. The van der Waals surface area contributed by atoms with Crippen molar-refractivity contribution in [2.45, 2.75) is 13.3 Å². The van der Waals surface area contributed by atoms with E-state index in [0.29, 0.717) is 0 Å². The molecule has 14 heavy (non-hydrogen) atoms. The maximum Gasteiger partial charge on any atom is 0.310 e. The number of esters is 1. The zero-order chi connectivity index (χ0) is 10.6. The molecule has 0 aliphatic rings. The van der Waals surface area contributed by atoms with E-state index >= 15 is 0 Å². The van der Waals surface area contributed by atoms with Gasteiger partial charge in [0.1, 0.15) is 11.6 Å². The van der Waals surface area contributed by atoms with Crippen molar-refractivity contribution in [3.8, 4) is 0 Å². The summed E-state index contributed by atoms with van der Waals surface area (Å²) in [7, 11) is 0. The summed E-state index contributed by atoms with van der Waals surface area (Å²) in [5.74, 6) is -1.72. The van der Waals surface area contributed by atoms with Crippen molar-refractivity contribution in [2.24, 2.45) is 0 Å². The molecule has 0 amide bonds. The van der Waals surface area contributed by atoms with Crippen molar-refractivity contribution < 1.29 is 18.3 Å². The van der Waals surface area contributed by atoms with E-state index in [4.69, 9.17) is 0 Å². The Hall–Kier alpha value is -1.45. The molecule has 4 heteroatoms. The van der Waals surface area contributed by atoms with Crippen molar-refractivity contribution in [3.63, 3.8) is 0 Å². The summed E-state index contributed by atoms with van der Waals surface area (Å²) in [4.78, 5) is 11.0. The van der Waals surface area contributed by atoms with E-state index in [-0.39, 0.29) is 18.6 Å². The number of ether oxygens (including phenoxy) is 1. The third kappa shape index (κ3) is 2.80. The molecular formula is C10H10F2O2. The van der Waals surface area contributed by atoms with Crippen LogP contribution in [-0.4, -0.2) is 12.6 Å². The molecule has 0 radical (unpaired) electrons. The van der Waals surface area contributed by atoms with Crippen LogP contribution >= 0.6 is 0 Å². The third-order valence-electron chi connectivity index (χ3n) is 1.65. The molecule has 0 bridgehead atoms. The third-order valence-corrected chi connectivity index (χ3v) is 1.65. The first-order valence-electron chi connectivity index (χ1n) is 4.23. The largest absolute Gasteiger partial charge is 0.466 e. The van der Waals surface area contributed by atoms with Crippen LogP contribution in [0, 0.1) is 11.6 Å². The van der Waals surface area contributed by atoms with Gasteiger partial charge in [0.15, 0.2) is 0 Å². The zero-order valence-electron chi connectivity index (χ0n) is 7.72. The van der Waals surface area contributed by atoms with Crippen molar-refractivity contribution in [2.75, 3.05) is 6.61 Å². The minimum absolute atomic E-state index is 0.0171. The summed E-state index contributed by atoms with van der Waals surface area (Å²) in [6.45, 7) is 1.88. The van der Waals surface area contributed by atoms with Crippen LogP contribution in [0.1, 0.15) is 12.5 Å². The fourth-order valence-corrected chi connectivity index (χ4v) is 1.05. The molecule has 0 aliphatic heterocycles. The Morgan fingerprint density at radius 1 is 1.43 bits per heavy atom. The van der Waals surface area contributed by atoms with E-state index in [1.807, 2.05) is 0 Å². The summed E-state index contributed by atoms with van der Waals surface area (Å²) >= 11 is 0. The highest BCUT2D eigenvalue weighted by atomic mass is 19.1. The molecule has 1 aromatic rings. The molecule has 0 saturated heterocycles. The lowest BCUT2D eigenvalue weighted by Crippen LogP contribution is -2.09. The Bertz CT molecular complexity index is 337. The summed E-state index contributed by atoms with van der Waals surface area (Å²) < 4.78 is 30.3. The first kappa shape index (κ1) is 10.6. The van der Waals surface area contributed by atoms with Gasteiger partial charge in [-0.3, -0.25) is 4.79 Å². The Morgan fingerprint density at radius 3 is 2.79 bits per heavy atom. The summed E-state index contributed by atoms with van der Waals surface area (Å²) in [5, 5.41) is 0. The molecule has 0 fully saturated rings. The maximum atomic E-state index is 13.0. The van der Waals surface area contributed by atoms with Crippen molar-refractivity contribution in [1.29, 1.82) is 0 Å². The van der Waals surface area contributed by atoms with Gasteiger partial charge in [0, 0.05) is 5.56 Å². The fraction of sp³-hybridized carbons (Fsp3) is 0.300. The summed E-state index contributed by atoms with van der Waals surface area (Å²) in [6.07, 6.45) is -0.239. The van der Waals surface area contributed by atoms with E-state index < -0.39 is 17.6 Å². The van der Waals surface area contributed by atoms with Crippen molar-refractivity contribution in [1.82, 2.24) is 0 Å². The highest BCUT2D eigenvalue weighted by Gasteiger charge is 2.09. The second kappa shape index (κ2) is 4.69. The van der Waals surface area contributed by atoms with Gasteiger partial charge in [-0.15, -0.1) is 0 Å². The molecule has 0 N–H and O–H groups in total. The van der Waals surface area contributed by atoms with Crippen LogP contribution in [0.15, 0.2) is 18.2 Å². The lowest BCUT2D eigenvalue weighted by molar-refractivity contribution is -0.142. The first-order valence-corrected chi connectivity index (χ1v) is 4.23. The van der Waals surface area contributed by atoms with E-state index in [0.717, 1.165) is 18.2 Å². The molecule has 76 valence electrons. The van der Waals surface area contributed by atoms with Gasteiger partial charge in [0.2, 0.25) is 0 Å². The Kier molecular flexibility index (Phi) is 3.56. The fourth-order valence-electron chi connectivity index (χ4n) is 1.05. The number of halogens is 2. The molecular weight excluding hydrogens is 190 g/mol. The number of rotatable bonds is 3. The summed E-state index contributed by atoms with van der Waals surface area (Å²) in [5.41, 5.74) is 0.0171. The van der Waals surface area contributed by atoms with Crippen LogP contribution in [0.2, 0.25) is 0 Å². The van der Waals surface area contributed by atoms with Gasteiger partial charge in [-0.25, -0.2) is 8.78 Å². The highest BCUT2D eigenvalue weighted by molar-refractivity contribution is 5.72. The molecule has 1 aromatic carbocycles. The van der Waals surface area contributed by atoms with Gasteiger partial charge in [0.25, 0.3) is 0 Å². The lowest BCUT2D eigenvalue weighted by Gasteiger charge is -2.03. The summed E-state index contributed by atoms with van der Waals surface area (Å²) in [6, 6.07) is 2.99. The van der Waals surface area contributed by atoms with Crippen LogP contribution in [0.5, 0.6) is 0 Å². The van der Waals surface area contributed by atoms with Gasteiger partial charge < -0.3 is 4.74 Å². The van der Waals surface area contributed by atoms with Gasteiger partial charge in [-0.1, -0.05) is 0 Å².